The molecule has 34 heavy (non-hydrogen) atoms. The van der Waals surface area contributed by atoms with E-state index in [1.165, 1.54) is 15.8 Å². The number of anilines is 1. The second kappa shape index (κ2) is 10.5. The SMILES string of the molecule is CCOc1cc(C(=O)N2CCN(c3nc4cc(C)cc(C)c4s3)CC2)cc(OCC)c1OCC. The number of aromatic nitrogens is 1. The third kappa shape index (κ3) is 4.92. The van der Waals surface area contributed by atoms with E-state index in [-0.39, 0.29) is 5.91 Å². The topological polar surface area (TPSA) is 64.1 Å². The molecule has 3 aromatic rings. The summed E-state index contributed by atoms with van der Waals surface area (Å²) in [4.78, 5) is 22.4. The van der Waals surface area contributed by atoms with Crippen LogP contribution in [0.15, 0.2) is 24.3 Å². The van der Waals surface area contributed by atoms with Gasteiger partial charge in [0.15, 0.2) is 16.6 Å². The third-order valence-electron chi connectivity index (χ3n) is 5.80. The molecule has 0 bridgehead atoms. The van der Waals surface area contributed by atoms with Gasteiger partial charge in [-0.15, -0.1) is 0 Å². The van der Waals surface area contributed by atoms with E-state index in [4.69, 9.17) is 19.2 Å². The lowest BCUT2D eigenvalue weighted by Crippen LogP contribution is -2.48. The van der Waals surface area contributed by atoms with E-state index in [1.54, 1.807) is 23.5 Å². The molecule has 2 aromatic carbocycles. The fraction of sp³-hybridized carbons (Fsp3) is 0.462. The first-order valence-corrected chi connectivity index (χ1v) is 12.7. The Kier molecular flexibility index (Phi) is 7.46. The summed E-state index contributed by atoms with van der Waals surface area (Å²) in [5.41, 5.74) is 4.09. The van der Waals surface area contributed by atoms with Gasteiger partial charge in [-0.05, 0) is 63.9 Å². The van der Waals surface area contributed by atoms with Gasteiger partial charge in [-0.1, -0.05) is 17.4 Å². The third-order valence-corrected chi connectivity index (χ3v) is 7.07. The number of aryl methyl sites for hydroxylation is 2. The highest BCUT2D eigenvalue weighted by molar-refractivity contribution is 7.22. The minimum absolute atomic E-state index is 0.0274. The van der Waals surface area contributed by atoms with Gasteiger partial charge in [0.05, 0.1) is 30.0 Å². The molecule has 0 N–H and O–H groups in total. The molecule has 1 saturated heterocycles. The molecule has 182 valence electrons. The predicted molar refractivity (Wildman–Crippen MR) is 137 cm³/mol. The van der Waals surface area contributed by atoms with Crippen molar-refractivity contribution in [1.82, 2.24) is 9.88 Å². The molecule has 1 aliphatic heterocycles. The van der Waals surface area contributed by atoms with E-state index in [9.17, 15) is 4.79 Å². The van der Waals surface area contributed by atoms with Crippen LogP contribution < -0.4 is 19.1 Å². The van der Waals surface area contributed by atoms with Gasteiger partial charge < -0.3 is 24.0 Å². The van der Waals surface area contributed by atoms with Crippen molar-refractivity contribution in [2.75, 3.05) is 50.9 Å². The second-order valence-corrected chi connectivity index (χ2v) is 9.28. The molecule has 8 heteroatoms. The summed E-state index contributed by atoms with van der Waals surface area (Å²) in [7, 11) is 0. The Morgan fingerprint density at radius 3 is 2.12 bits per heavy atom. The standard InChI is InChI=1S/C26H33N3O4S/c1-6-31-21-15-19(16-22(32-7-2)23(21)33-8-3)25(30)28-9-11-29(12-10-28)26-27-20-14-17(4)13-18(5)24(20)34-26/h13-16H,6-12H2,1-5H3. The number of ether oxygens (including phenoxy) is 3. The Morgan fingerprint density at radius 1 is 0.912 bits per heavy atom. The van der Waals surface area contributed by atoms with Crippen molar-refractivity contribution in [3.05, 3.63) is 41.0 Å². The van der Waals surface area contributed by atoms with Gasteiger partial charge in [0, 0.05) is 31.7 Å². The van der Waals surface area contributed by atoms with Crippen LogP contribution in [-0.4, -0.2) is 61.8 Å². The van der Waals surface area contributed by atoms with Crippen LogP contribution in [0.25, 0.3) is 10.2 Å². The minimum Gasteiger partial charge on any atom is -0.490 e. The van der Waals surface area contributed by atoms with Crippen LogP contribution in [-0.2, 0) is 0 Å². The number of carbonyl (C=O) groups is 1. The quantitative estimate of drug-likeness (QED) is 0.446. The van der Waals surface area contributed by atoms with Crippen LogP contribution in [0, 0.1) is 13.8 Å². The molecule has 1 fully saturated rings. The molecule has 0 radical (unpaired) electrons. The number of hydrogen-bond acceptors (Lipinski definition) is 7. The molecule has 0 atom stereocenters. The zero-order valence-corrected chi connectivity index (χ0v) is 21.5. The Morgan fingerprint density at radius 2 is 1.53 bits per heavy atom. The Balaban J connectivity index is 1.51. The molecule has 0 spiro atoms. The molecule has 0 aliphatic carbocycles. The summed E-state index contributed by atoms with van der Waals surface area (Å²) < 4.78 is 18.6. The number of rotatable bonds is 8. The fourth-order valence-corrected chi connectivity index (χ4v) is 5.36. The van der Waals surface area contributed by atoms with Crippen molar-refractivity contribution in [3.8, 4) is 17.2 Å². The Labute approximate surface area is 205 Å². The highest BCUT2D eigenvalue weighted by atomic mass is 32.1. The van der Waals surface area contributed by atoms with Crippen LogP contribution in [0.4, 0.5) is 5.13 Å². The summed E-state index contributed by atoms with van der Waals surface area (Å²) in [6, 6.07) is 7.87. The van der Waals surface area contributed by atoms with Gasteiger partial charge in [0.2, 0.25) is 5.75 Å². The van der Waals surface area contributed by atoms with E-state index in [1.807, 2.05) is 25.7 Å². The smallest absolute Gasteiger partial charge is 0.254 e. The number of carbonyl (C=O) groups excluding carboxylic acids is 1. The highest BCUT2D eigenvalue weighted by Gasteiger charge is 2.26. The number of thiazole rings is 1. The van der Waals surface area contributed by atoms with E-state index >= 15 is 0 Å². The Hall–Kier alpha value is -3.00. The van der Waals surface area contributed by atoms with Crippen LogP contribution in [0.2, 0.25) is 0 Å². The van der Waals surface area contributed by atoms with Crippen molar-refractivity contribution in [2.24, 2.45) is 0 Å². The number of piperazine rings is 1. The van der Waals surface area contributed by atoms with E-state index in [0.717, 1.165) is 23.7 Å². The maximum Gasteiger partial charge on any atom is 0.254 e. The molecular formula is C26H33N3O4S. The number of benzene rings is 2. The molecule has 7 nitrogen and oxygen atoms in total. The molecule has 1 amide bonds. The van der Waals surface area contributed by atoms with E-state index in [0.29, 0.717) is 55.7 Å². The lowest BCUT2D eigenvalue weighted by molar-refractivity contribution is 0.0745. The van der Waals surface area contributed by atoms with Crippen molar-refractivity contribution in [3.63, 3.8) is 0 Å². The number of nitrogens with zero attached hydrogens (tertiary/aromatic N) is 3. The minimum atomic E-state index is -0.0274. The summed E-state index contributed by atoms with van der Waals surface area (Å²) in [6.45, 7) is 14.2. The molecule has 0 unspecified atom stereocenters. The first-order valence-electron chi connectivity index (χ1n) is 11.9. The normalized spacial score (nSPS) is 13.9. The molecule has 1 aromatic heterocycles. The van der Waals surface area contributed by atoms with Gasteiger partial charge >= 0.3 is 0 Å². The number of amides is 1. The summed E-state index contributed by atoms with van der Waals surface area (Å²) in [5.74, 6) is 1.60. The number of fused-ring (bicyclic) bond motifs is 1. The van der Waals surface area contributed by atoms with Crippen LogP contribution >= 0.6 is 11.3 Å². The van der Waals surface area contributed by atoms with Crippen molar-refractivity contribution in [2.45, 2.75) is 34.6 Å². The van der Waals surface area contributed by atoms with Gasteiger partial charge in [0.1, 0.15) is 0 Å². The monoisotopic (exact) mass is 483 g/mol. The molecule has 2 heterocycles. The van der Waals surface area contributed by atoms with Crippen molar-refractivity contribution >= 4 is 32.6 Å². The number of hydrogen-bond donors (Lipinski definition) is 0. The molecule has 0 saturated carbocycles. The van der Waals surface area contributed by atoms with Gasteiger partial charge in [-0.25, -0.2) is 4.98 Å². The van der Waals surface area contributed by atoms with Gasteiger partial charge in [-0.2, -0.15) is 0 Å². The zero-order chi connectivity index (χ0) is 24.2. The van der Waals surface area contributed by atoms with E-state index in [2.05, 4.69) is 30.9 Å². The average molecular weight is 484 g/mol. The lowest BCUT2D eigenvalue weighted by Gasteiger charge is -2.34. The summed E-state index contributed by atoms with van der Waals surface area (Å²) >= 11 is 1.73. The van der Waals surface area contributed by atoms with Crippen LogP contribution in [0.5, 0.6) is 17.2 Å². The van der Waals surface area contributed by atoms with Crippen molar-refractivity contribution < 1.29 is 19.0 Å². The fourth-order valence-electron chi connectivity index (χ4n) is 4.30. The zero-order valence-electron chi connectivity index (χ0n) is 20.6. The van der Waals surface area contributed by atoms with Crippen LogP contribution in [0.3, 0.4) is 0 Å². The summed E-state index contributed by atoms with van der Waals surface area (Å²) in [5, 5.41) is 1.02. The highest BCUT2D eigenvalue weighted by Crippen LogP contribution is 2.39. The first-order chi connectivity index (χ1) is 16.4. The Bertz CT molecular complexity index is 1140. The van der Waals surface area contributed by atoms with Crippen LogP contribution in [0.1, 0.15) is 42.3 Å². The molecule has 4 rings (SSSR count). The molecular weight excluding hydrogens is 450 g/mol. The second-order valence-electron chi connectivity index (χ2n) is 8.31. The maximum absolute atomic E-state index is 13.4. The maximum atomic E-state index is 13.4. The van der Waals surface area contributed by atoms with Gasteiger partial charge in [0.25, 0.3) is 5.91 Å². The first kappa shape index (κ1) is 24.1. The summed E-state index contributed by atoms with van der Waals surface area (Å²) in [6.07, 6.45) is 0. The van der Waals surface area contributed by atoms with Crippen molar-refractivity contribution in [1.29, 1.82) is 0 Å². The molecule has 1 aliphatic rings. The average Bonchev–Trinajstić information content (AvgIpc) is 3.25. The predicted octanol–water partition coefficient (Wildman–Crippen LogP) is 5.07. The van der Waals surface area contributed by atoms with Gasteiger partial charge in [-0.3, -0.25) is 4.79 Å². The largest absolute Gasteiger partial charge is 0.490 e. The van der Waals surface area contributed by atoms with E-state index < -0.39 is 0 Å². The lowest BCUT2D eigenvalue weighted by atomic mass is 10.1.